The zero-order valence-corrected chi connectivity index (χ0v) is 18.1. The van der Waals surface area contributed by atoms with Crippen molar-refractivity contribution in [1.82, 2.24) is 14.8 Å². The Balaban J connectivity index is 0.000000339. The van der Waals surface area contributed by atoms with Crippen molar-refractivity contribution in [3.63, 3.8) is 0 Å². The van der Waals surface area contributed by atoms with Crippen molar-refractivity contribution in [3.8, 4) is 0 Å². The minimum Gasteiger partial charge on any atom is -0.475 e. The normalized spacial score (nSPS) is 24.0. The van der Waals surface area contributed by atoms with E-state index in [1.807, 2.05) is 16.5 Å². The number of alkyl halides is 3. The molecule has 1 amide bonds. The molecule has 31 heavy (non-hydrogen) atoms. The first-order valence-corrected chi connectivity index (χ1v) is 11.4. The van der Waals surface area contributed by atoms with Gasteiger partial charge in [-0.3, -0.25) is 9.69 Å². The number of piperidine rings is 1. The standard InChI is InChI=1S/C18H27N3O2S.C2HF3O2/c22-17(21-8-1-2-9-21)15-3-4-18(14-23-15)5-10-20(11-6-18)13-16-19-7-12-24-16;3-2(4,5)1(6)7/h7,12,15H,1-6,8-11,13-14H2;(H,6,7). The summed E-state index contributed by atoms with van der Waals surface area (Å²) in [5.41, 5.74) is 0.307. The third-order valence-corrected chi connectivity index (χ3v) is 6.99. The summed E-state index contributed by atoms with van der Waals surface area (Å²) in [4.78, 5) is 30.3. The van der Waals surface area contributed by atoms with Gasteiger partial charge in [-0.15, -0.1) is 11.3 Å². The Kier molecular flexibility index (Phi) is 7.92. The maximum atomic E-state index is 12.5. The van der Waals surface area contributed by atoms with Crippen LogP contribution in [0.1, 0.15) is 43.5 Å². The largest absolute Gasteiger partial charge is 0.490 e. The smallest absolute Gasteiger partial charge is 0.475 e. The molecule has 0 radical (unpaired) electrons. The molecule has 7 nitrogen and oxygen atoms in total. The first kappa shape index (κ1) is 23.9. The molecule has 4 rings (SSSR count). The van der Waals surface area contributed by atoms with Crippen LogP contribution in [-0.2, 0) is 20.9 Å². The number of aromatic nitrogens is 1. The van der Waals surface area contributed by atoms with Crippen LogP contribution >= 0.6 is 11.3 Å². The molecule has 1 N–H and O–H groups in total. The minimum absolute atomic E-state index is 0.179. The van der Waals surface area contributed by atoms with Crippen molar-refractivity contribution in [2.24, 2.45) is 5.41 Å². The molecule has 3 fully saturated rings. The van der Waals surface area contributed by atoms with E-state index in [9.17, 15) is 18.0 Å². The summed E-state index contributed by atoms with van der Waals surface area (Å²) in [6.45, 7) is 5.83. The van der Waals surface area contributed by atoms with E-state index in [-0.39, 0.29) is 12.0 Å². The monoisotopic (exact) mass is 463 g/mol. The summed E-state index contributed by atoms with van der Waals surface area (Å²) < 4.78 is 37.8. The molecule has 0 saturated carbocycles. The predicted molar refractivity (Wildman–Crippen MR) is 108 cm³/mol. The van der Waals surface area contributed by atoms with E-state index in [2.05, 4.69) is 9.88 Å². The van der Waals surface area contributed by atoms with Gasteiger partial charge in [-0.05, 0) is 57.0 Å². The van der Waals surface area contributed by atoms with E-state index in [0.717, 1.165) is 65.0 Å². The zero-order valence-electron chi connectivity index (χ0n) is 17.3. The fraction of sp³-hybridized carbons (Fsp3) is 0.750. The highest BCUT2D eigenvalue weighted by Gasteiger charge is 2.41. The zero-order chi connectivity index (χ0) is 22.5. The molecular formula is C20H28F3N3O4S. The Hall–Kier alpha value is -1.72. The average Bonchev–Trinajstić information content (AvgIpc) is 3.44. The van der Waals surface area contributed by atoms with Gasteiger partial charge in [0.25, 0.3) is 5.91 Å². The number of thiazole rings is 1. The van der Waals surface area contributed by atoms with Crippen molar-refractivity contribution in [2.75, 3.05) is 32.8 Å². The molecule has 0 bridgehead atoms. The Labute approximate surface area is 183 Å². The van der Waals surface area contributed by atoms with Crippen molar-refractivity contribution in [3.05, 3.63) is 16.6 Å². The number of nitrogens with zero attached hydrogens (tertiary/aromatic N) is 3. The topological polar surface area (TPSA) is 83.0 Å². The Morgan fingerprint density at radius 1 is 1.19 bits per heavy atom. The molecule has 11 heteroatoms. The van der Waals surface area contributed by atoms with Crippen molar-refractivity contribution in [2.45, 2.75) is 57.3 Å². The van der Waals surface area contributed by atoms with Crippen molar-refractivity contribution < 1.29 is 32.6 Å². The molecule has 1 unspecified atom stereocenters. The number of carbonyl (C=O) groups is 2. The molecule has 1 aromatic heterocycles. The van der Waals surface area contributed by atoms with Gasteiger partial charge < -0.3 is 14.7 Å². The van der Waals surface area contributed by atoms with Crippen LogP contribution in [0.15, 0.2) is 11.6 Å². The van der Waals surface area contributed by atoms with Gasteiger partial charge in [0.05, 0.1) is 13.2 Å². The van der Waals surface area contributed by atoms with Crippen LogP contribution in [0.25, 0.3) is 0 Å². The number of halogens is 3. The number of likely N-dealkylation sites (tertiary alicyclic amines) is 2. The maximum Gasteiger partial charge on any atom is 0.490 e. The second-order valence-electron chi connectivity index (χ2n) is 8.38. The number of carbonyl (C=O) groups excluding carboxylic acids is 1. The molecular weight excluding hydrogens is 435 g/mol. The Morgan fingerprint density at radius 2 is 1.84 bits per heavy atom. The lowest BCUT2D eigenvalue weighted by atomic mass is 9.73. The molecule has 174 valence electrons. The molecule has 1 atom stereocenters. The highest BCUT2D eigenvalue weighted by molar-refractivity contribution is 7.09. The predicted octanol–water partition coefficient (Wildman–Crippen LogP) is 3.16. The summed E-state index contributed by atoms with van der Waals surface area (Å²) in [6, 6.07) is 0. The van der Waals surface area contributed by atoms with E-state index in [4.69, 9.17) is 14.6 Å². The van der Waals surface area contributed by atoms with Gasteiger partial charge >= 0.3 is 12.1 Å². The molecule has 1 aromatic rings. The van der Waals surface area contributed by atoms with Gasteiger partial charge in [-0.1, -0.05) is 0 Å². The van der Waals surface area contributed by atoms with Crippen LogP contribution in [0, 0.1) is 5.41 Å². The second kappa shape index (κ2) is 10.3. The number of carboxylic acid groups (broad SMARTS) is 1. The van der Waals surface area contributed by atoms with Crippen LogP contribution in [-0.4, -0.2) is 76.8 Å². The van der Waals surface area contributed by atoms with Crippen LogP contribution in [0.2, 0.25) is 0 Å². The maximum absolute atomic E-state index is 12.5. The summed E-state index contributed by atoms with van der Waals surface area (Å²) >= 11 is 1.74. The Bertz CT molecular complexity index is 721. The first-order chi connectivity index (χ1) is 14.7. The molecule has 3 aliphatic rings. The average molecular weight is 464 g/mol. The fourth-order valence-electron chi connectivity index (χ4n) is 4.31. The van der Waals surface area contributed by atoms with Gasteiger partial charge in [0, 0.05) is 24.7 Å². The van der Waals surface area contributed by atoms with E-state index < -0.39 is 12.1 Å². The fourth-order valence-corrected chi connectivity index (χ4v) is 4.97. The lowest BCUT2D eigenvalue weighted by molar-refractivity contribution is -0.192. The second-order valence-corrected chi connectivity index (χ2v) is 9.35. The number of aliphatic carboxylic acids is 1. The minimum atomic E-state index is -5.08. The Morgan fingerprint density at radius 3 is 2.32 bits per heavy atom. The van der Waals surface area contributed by atoms with Gasteiger partial charge in [0.15, 0.2) is 0 Å². The van der Waals surface area contributed by atoms with E-state index in [0.29, 0.717) is 5.41 Å². The van der Waals surface area contributed by atoms with E-state index in [1.54, 1.807) is 11.3 Å². The van der Waals surface area contributed by atoms with Crippen LogP contribution in [0.4, 0.5) is 13.2 Å². The quantitative estimate of drug-likeness (QED) is 0.742. The van der Waals surface area contributed by atoms with Crippen LogP contribution in [0.3, 0.4) is 0 Å². The molecule has 4 heterocycles. The van der Waals surface area contributed by atoms with Crippen LogP contribution < -0.4 is 0 Å². The van der Waals surface area contributed by atoms with Crippen molar-refractivity contribution in [1.29, 1.82) is 0 Å². The number of hydrogen-bond acceptors (Lipinski definition) is 6. The number of rotatable bonds is 3. The number of hydrogen-bond donors (Lipinski definition) is 1. The molecule has 1 spiro atoms. The third kappa shape index (κ3) is 6.63. The third-order valence-electron chi connectivity index (χ3n) is 6.22. The number of carboxylic acids is 1. The molecule has 3 aliphatic heterocycles. The summed E-state index contributed by atoms with van der Waals surface area (Å²) in [7, 11) is 0. The lowest BCUT2D eigenvalue weighted by Crippen LogP contribution is -2.49. The number of ether oxygens (including phenoxy) is 1. The SMILES string of the molecule is O=C(C1CCC2(CCN(Cc3nccs3)CC2)CO1)N1CCCC1.O=C(O)C(F)(F)F. The first-order valence-electron chi connectivity index (χ1n) is 10.5. The molecule has 0 aromatic carbocycles. The van der Waals surface area contributed by atoms with Crippen molar-refractivity contribution >= 4 is 23.2 Å². The van der Waals surface area contributed by atoms with Gasteiger partial charge in [0.1, 0.15) is 11.1 Å². The van der Waals surface area contributed by atoms with E-state index >= 15 is 0 Å². The van der Waals surface area contributed by atoms with Gasteiger partial charge in [0.2, 0.25) is 0 Å². The van der Waals surface area contributed by atoms with Gasteiger partial charge in [-0.25, -0.2) is 9.78 Å². The van der Waals surface area contributed by atoms with Crippen LogP contribution in [0.5, 0.6) is 0 Å². The van der Waals surface area contributed by atoms with E-state index in [1.165, 1.54) is 17.8 Å². The highest BCUT2D eigenvalue weighted by atomic mass is 32.1. The van der Waals surface area contributed by atoms with Gasteiger partial charge in [-0.2, -0.15) is 13.2 Å². The molecule has 3 saturated heterocycles. The highest BCUT2D eigenvalue weighted by Crippen LogP contribution is 2.41. The summed E-state index contributed by atoms with van der Waals surface area (Å²) in [6.07, 6.45) is 3.34. The summed E-state index contributed by atoms with van der Waals surface area (Å²) in [5.74, 6) is -2.52. The molecule has 0 aliphatic carbocycles. The summed E-state index contributed by atoms with van der Waals surface area (Å²) in [5, 5.41) is 10.4. The lowest BCUT2D eigenvalue weighted by Gasteiger charge is -2.45. The number of amides is 1.